The van der Waals surface area contributed by atoms with E-state index in [9.17, 15) is 0 Å². The van der Waals surface area contributed by atoms with Gasteiger partial charge in [-0.25, -0.2) is 9.97 Å². The van der Waals surface area contributed by atoms with E-state index in [2.05, 4.69) is 25.1 Å². The normalized spacial score (nSPS) is 10.8. The maximum atomic E-state index is 5.33. The van der Waals surface area contributed by atoms with Gasteiger partial charge in [0.25, 0.3) is 0 Å². The SMILES string of the molecule is COCc1nnc(-c2cnc(-c3ccc(OC)c(C)c3)cn2)n1-c1ccc(OC)nc1. The molecular weight excluding hydrogens is 396 g/mol. The number of pyridine rings is 1. The van der Waals surface area contributed by atoms with Gasteiger partial charge < -0.3 is 14.2 Å². The summed E-state index contributed by atoms with van der Waals surface area (Å²) in [4.78, 5) is 13.5. The average Bonchev–Trinajstić information content (AvgIpc) is 3.23. The maximum absolute atomic E-state index is 5.33. The molecule has 1 aromatic carbocycles. The molecule has 158 valence electrons. The first-order chi connectivity index (χ1) is 15.1. The number of ether oxygens (including phenoxy) is 3. The van der Waals surface area contributed by atoms with Crippen molar-refractivity contribution in [2.75, 3.05) is 21.3 Å². The largest absolute Gasteiger partial charge is 0.496 e. The highest BCUT2D eigenvalue weighted by Crippen LogP contribution is 2.26. The standard InChI is InChI=1S/C22H22N6O3/c1-14-9-15(5-7-19(14)30-3)17-11-24-18(12-23-17)22-27-26-20(13-29-2)28(22)16-6-8-21(31-4)25-10-16/h5-12H,13H2,1-4H3. The zero-order chi connectivity index (χ0) is 21.8. The van der Waals surface area contributed by atoms with Gasteiger partial charge in [0.1, 0.15) is 18.1 Å². The van der Waals surface area contributed by atoms with E-state index in [1.807, 2.05) is 35.8 Å². The molecule has 9 nitrogen and oxygen atoms in total. The zero-order valence-corrected chi connectivity index (χ0v) is 17.7. The van der Waals surface area contributed by atoms with Gasteiger partial charge in [-0.2, -0.15) is 0 Å². The number of aryl methyl sites for hydroxylation is 1. The van der Waals surface area contributed by atoms with Crippen LogP contribution in [0.4, 0.5) is 0 Å². The van der Waals surface area contributed by atoms with Crippen molar-refractivity contribution in [3.05, 3.63) is 60.3 Å². The van der Waals surface area contributed by atoms with Gasteiger partial charge in [0.2, 0.25) is 5.88 Å². The van der Waals surface area contributed by atoms with Gasteiger partial charge in [-0.05, 0) is 36.8 Å². The van der Waals surface area contributed by atoms with E-state index in [1.54, 1.807) is 46.0 Å². The second-order valence-corrected chi connectivity index (χ2v) is 6.74. The minimum Gasteiger partial charge on any atom is -0.496 e. The third kappa shape index (κ3) is 4.08. The summed E-state index contributed by atoms with van der Waals surface area (Å²) in [5.74, 6) is 2.52. The van der Waals surface area contributed by atoms with Crippen LogP contribution in [0.2, 0.25) is 0 Å². The molecule has 4 aromatic rings. The van der Waals surface area contributed by atoms with Crippen LogP contribution in [0.25, 0.3) is 28.5 Å². The maximum Gasteiger partial charge on any atom is 0.213 e. The van der Waals surface area contributed by atoms with Gasteiger partial charge in [-0.3, -0.25) is 9.55 Å². The molecule has 31 heavy (non-hydrogen) atoms. The van der Waals surface area contributed by atoms with Crippen molar-refractivity contribution in [1.29, 1.82) is 0 Å². The van der Waals surface area contributed by atoms with Crippen molar-refractivity contribution in [2.45, 2.75) is 13.5 Å². The Morgan fingerprint density at radius 1 is 0.839 bits per heavy atom. The van der Waals surface area contributed by atoms with Gasteiger partial charge in [-0.15, -0.1) is 10.2 Å². The summed E-state index contributed by atoms with van der Waals surface area (Å²) in [6.45, 7) is 2.28. The molecule has 0 spiro atoms. The Balaban J connectivity index is 1.71. The molecule has 0 aliphatic heterocycles. The first-order valence-corrected chi connectivity index (χ1v) is 9.55. The molecule has 9 heteroatoms. The molecule has 0 radical (unpaired) electrons. The minimum atomic E-state index is 0.287. The predicted octanol–water partition coefficient (Wildman–Crippen LogP) is 3.26. The summed E-state index contributed by atoms with van der Waals surface area (Å²) < 4.78 is 17.6. The van der Waals surface area contributed by atoms with Crippen LogP contribution in [-0.4, -0.2) is 51.0 Å². The van der Waals surface area contributed by atoms with Crippen LogP contribution in [0.15, 0.2) is 48.9 Å². The molecule has 0 fully saturated rings. The topological polar surface area (TPSA) is 97.1 Å². The number of hydrogen-bond acceptors (Lipinski definition) is 8. The lowest BCUT2D eigenvalue weighted by molar-refractivity contribution is 0.176. The van der Waals surface area contributed by atoms with Crippen molar-refractivity contribution >= 4 is 0 Å². The summed E-state index contributed by atoms with van der Waals surface area (Å²) in [7, 11) is 4.84. The van der Waals surface area contributed by atoms with E-state index < -0.39 is 0 Å². The van der Waals surface area contributed by atoms with E-state index in [4.69, 9.17) is 14.2 Å². The van der Waals surface area contributed by atoms with Crippen molar-refractivity contribution in [3.63, 3.8) is 0 Å². The second-order valence-electron chi connectivity index (χ2n) is 6.74. The molecule has 4 rings (SSSR count). The molecule has 0 atom stereocenters. The Labute approximate surface area is 179 Å². The second kappa shape index (κ2) is 8.88. The summed E-state index contributed by atoms with van der Waals surface area (Å²) in [5, 5.41) is 8.58. The quantitative estimate of drug-likeness (QED) is 0.451. The molecule has 0 saturated carbocycles. The summed E-state index contributed by atoms with van der Waals surface area (Å²) in [6.07, 6.45) is 5.09. The molecule has 3 heterocycles. The Bertz CT molecular complexity index is 1170. The lowest BCUT2D eigenvalue weighted by Crippen LogP contribution is -2.06. The van der Waals surface area contributed by atoms with Crippen LogP contribution in [-0.2, 0) is 11.3 Å². The summed E-state index contributed by atoms with van der Waals surface area (Å²) in [6, 6.07) is 9.54. The van der Waals surface area contributed by atoms with E-state index in [0.29, 0.717) is 23.2 Å². The third-order valence-corrected chi connectivity index (χ3v) is 4.76. The fourth-order valence-electron chi connectivity index (χ4n) is 3.23. The van der Waals surface area contributed by atoms with Crippen LogP contribution in [0, 0.1) is 6.92 Å². The lowest BCUT2D eigenvalue weighted by Gasteiger charge is -2.10. The fourth-order valence-corrected chi connectivity index (χ4v) is 3.23. The van der Waals surface area contributed by atoms with Gasteiger partial charge in [0.05, 0.1) is 44.2 Å². The highest BCUT2D eigenvalue weighted by atomic mass is 16.5. The average molecular weight is 418 g/mol. The van der Waals surface area contributed by atoms with E-state index in [0.717, 1.165) is 28.3 Å². The van der Waals surface area contributed by atoms with Crippen molar-refractivity contribution in [1.82, 2.24) is 29.7 Å². The molecule has 0 N–H and O–H groups in total. The Morgan fingerprint density at radius 3 is 2.26 bits per heavy atom. The van der Waals surface area contributed by atoms with Crippen LogP contribution in [0.5, 0.6) is 11.6 Å². The third-order valence-electron chi connectivity index (χ3n) is 4.76. The van der Waals surface area contributed by atoms with Crippen molar-refractivity contribution in [2.24, 2.45) is 0 Å². The van der Waals surface area contributed by atoms with Crippen LogP contribution in [0.1, 0.15) is 11.4 Å². The molecule has 0 aliphatic rings. The fraction of sp³-hybridized carbons (Fsp3) is 0.227. The zero-order valence-electron chi connectivity index (χ0n) is 17.7. The van der Waals surface area contributed by atoms with Crippen LogP contribution >= 0.6 is 0 Å². The van der Waals surface area contributed by atoms with E-state index in [1.165, 1.54) is 0 Å². The lowest BCUT2D eigenvalue weighted by atomic mass is 10.1. The molecule has 3 aromatic heterocycles. The number of rotatable bonds is 7. The van der Waals surface area contributed by atoms with E-state index in [-0.39, 0.29) is 6.61 Å². The minimum absolute atomic E-state index is 0.287. The van der Waals surface area contributed by atoms with E-state index >= 15 is 0 Å². The number of aromatic nitrogens is 6. The molecular formula is C22H22N6O3. The molecule has 0 unspecified atom stereocenters. The highest BCUT2D eigenvalue weighted by molar-refractivity contribution is 5.63. The van der Waals surface area contributed by atoms with Crippen LogP contribution < -0.4 is 9.47 Å². The monoisotopic (exact) mass is 418 g/mol. The summed E-state index contributed by atoms with van der Waals surface area (Å²) in [5.41, 5.74) is 4.09. The van der Waals surface area contributed by atoms with Crippen molar-refractivity contribution in [3.8, 4) is 40.1 Å². The Kier molecular flexibility index (Phi) is 5.85. The predicted molar refractivity (Wildman–Crippen MR) is 114 cm³/mol. The Hall–Kier alpha value is -3.85. The first kappa shape index (κ1) is 20.4. The van der Waals surface area contributed by atoms with Crippen molar-refractivity contribution < 1.29 is 14.2 Å². The number of hydrogen-bond donors (Lipinski definition) is 0. The van der Waals surface area contributed by atoms with Crippen LogP contribution in [0.3, 0.4) is 0 Å². The summed E-state index contributed by atoms with van der Waals surface area (Å²) >= 11 is 0. The van der Waals surface area contributed by atoms with Gasteiger partial charge in [0, 0.05) is 18.7 Å². The number of nitrogens with zero attached hydrogens (tertiary/aromatic N) is 6. The van der Waals surface area contributed by atoms with Gasteiger partial charge in [-0.1, -0.05) is 0 Å². The Morgan fingerprint density at radius 2 is 1.65 bits per heavy atom. The van der Waals surface area contributed by atoms with Gasteiger partial charge in [0.15, 0.2) is 11.6 Å². The van der Waals surface area contributed by atoms with Gasteiger partial charge >= 0.3 is 0 Å². The smallest absolute Gasteiger partial charge is 0.213 e. The molecule has 0 aliphatic carbocycles. The molecule has 0 bridgehead atoms. The highest BCUT2D eigenvalue weighted by Gasteiger charge is 2.18. The number of benzene rings is 1. The molecule has 0 amide bonds. The number of methoxy groups -OCH3 is 3. The first-order valence-electron chi connectivity index (χ1n) is 9.55. The molecule has 0 saturated heterocycles.